The van der Waals surface area contributed by atoms with E-state index >= 15 is 0 Å². The Morgan fingerprint density at radius 2 is 1.88 bits per heavy atom. The Morgan fingerprint density at radius 1 is 1.12 bits per heavy atom. The van der Waals surface area contributed by atoms with E-state index in [-0.39, 0.29) is 0 Å². The summed E-state index contributed by atoms with van der Waals surface area (Å²) in [6, 6.07) is 5.91. The fraction of sp³-hybridized carbons (Fsp3) is 0.571. The van der Waals surface area contributed by atoms with Crippen molar-refractivity contribution in [2.24, 2.45) is 0 Å². The number of hydrogen-bond acceptors (Lipinski definition) is 2. The second-order valence-electron chi connectivity index (χ2n) is 4.30. The van der Waals surface area contributed by atoms with Crippen molar-refractivity contribution in [3.63, 3.8) is 0 Å². The third-order valence-corrected chi connectivity index (χ3v) is 2.67. The molecule has 0 unspecified atom stereocenters. The summed E-state index contributed by atoms with van der Waals surface area (Å²) in [5.74, 6) is 0.829. The highest BCUT2D eigenvalue weighted by atomic mass is 16.5. The molecule has 90 valence electrons. The molecule has 2 N–H and O–H groups in total. The first-order valence-electron chi connectivity index (χ1n) is 6.23. The van der Waals surface area contributed by atoms with Gasteiger partial charge in [0.2, 0.25) is 0 Å². The third kappa shape index (κ3) is 4.56. The number of nitrogen functional groups attached to an aromatic ring is 1. The van der Waals surface area contributed by atoms with Gasteiger partial charge in [-0.15, -0.1) is 0 Å². The predicted molar refractivity (Wildman–Crippen MR) is 69.8 cm³/mol. The molecule has 0 spiro atoms. The van der Waals surface area contributed by atoms with Gasteiger partial charge >= 0.3 is 0 Å². The van der Waals surface area contributed by atoms with E-state index in [1.807, 2.05) is 25.1 Å². The molecule has 16 heavy (non-hydrogen) atoms. The number of benzene rings is 1. The molecule has 0 bridgehead atoms. The number of ether oxygens (including phenoxy) is 1. The lowest BCUT2D eigenvalue weighted by Crippen LogP contribution is -2.00. The van der Waals surface area contributed by atoms with E-state index in [2.05, 4.69) is 6.92 Å². The lowest BCUT2D eigenvalue weighted by Gasteiger charge is -2.09. The first-order chi connectivity index (χ1) is 7.74. The van der Waals surface area contributed by atoms with Crippen LogP contribution in [-0.2, 0) is 0 Å². The van der Waals surface area contributed by atoms with Gasteiger partial charge in [0, 0.05) is 0 Å². The molecule has 0 amide bonds. The zero-order chi connectivity index (χ0) is 11.8. The minimum atomic E-state index is 0.735. The summed E-state index contributed by atoms with van der Waals surface area (Å²) in [6.07, 6.45) is 6.29. The van der Waals surface area contributed by atoms with E-state index < -0.39 is 0 Å². The Balaban J connectivity index is 2.23. The van der Waals surface area contributed by atoms with E-state index in [1.54, 1.807) is 0 Å². The van der Waals surface area contributed by atoms with Crippen molar-refractivity contribution in [2.75, 3.05) is 12.3 Å². The largest absolute Gasteiger partial charge is 0.491 e. The van der Waals surface area contributed by atoms with Crippen LogP contribution < -0.4 is 10.5 Å². The summed E-state index contributed by atoms with van der Waals surface area (Å²) in [5.41, 5.74) is 7.75. The molecule has 2 nitrogen and oxygen atoms in total. The van der Waals surface area contributed by atoms with Crippen LogP contribution in [0.2, 0.25) is 0 Å². The standard InChI is InChI=1S/C14H23NO/c1-3-4-5-6-7-10-16-14-11-12(2)8-9-13(14)15/h8-9,11H,3-7,10,15H2,1-2H3. The van der Waals surface area contributed by atoms with E-state index in [4.69, 9.17) is 10.5 Å². The molecule has 1 aromatic carbocycles. The summed E-state index contributed by atoms with van der Waals surface area (Å²) < 4.78 is 5.67. The fourth-order valence-electron chi connectivity index (χ4n) is 1.65. The highest BCUT2D eigenvalue weighted by molar-refractivity contribution is 5.53. The first-order valence-corrected chi connectivity index (χ1v) is 6.23. The zero-order valence-electron chi connectivity index (χ0n) is 10.5. The summed E-state index contributed by atoms with van der Waals surface area (Å²) in [7, 11) is 0. The van der Waals surface area contributed by atoms with E-state index in [1.165, 1.54) is 31.2 Å². The highest BCUT2D eigenvalue weighted by Gasteiger charge is 1.99. The van der Waals surface area contributed by atoms with Crippen LogP contribution in [0.15, 0.2) is 18.2 Å². The minimum Gasteiger partial charge on any atom is -0.491 e. The Kier molecular flexibility index (Phi) is 5.76. The molecule has 0 heterocycles. The van der Waals surface area contributed by atoms with E-state index in [0.29, 0.717) is 0 Å². The molecule has 1 rings (SSSR count). The summed E-state index contributed by atoms with van der Waals surface area (Å²) >= 11 is 0. The Bertz CT molecular complexity index is 310. The van der Waals surface area contributed by atoms with Crippen molar-refractivity contribution in [2.45, 2.75) is 46.0 Å². The normalized spacial score (nSPS) is 10.4. The predicted octanol–water partition coefficient (Wildman–Crippen LogP) is 3.93. The van der Waals surface area contributed by atoms with Gasteiger partial charge in [0.1, 0.15) is 5.75 Å². The molecule has 0 aliphatic rings. The van der Waals surface area contributed by atoms with Crippen LogP contribution in [0.5, 0.6) is 5.75 Å². The molecule has 0 aromatic heterocycles. The van der Waals surface area contributed by atoms with Crippen LogP contribution in [0.1, 0.15) is 44.6 Å². The molecule has 0 fully saturated rings. The number of hydrogen-bond donors (Lipinski definition) is 1. The fourth-order valence-corrected chi connectivity index (χ4v) is 1.65. The van der Waals surface area contributed by atoms with Crippen LogP contribution in [0, 0.1) is 6.92 Å². The topological polar surface area (TPSA) is 35.2 Å². The maximum atomic E-state index is 5.83. The van der Waals surface area contributed by atoms with Crippen molar-refractivity contribution >= 4 is 5.69 Å². The summed E-state index contributed by atoms with van der Waals surface area (Å²) in [4.78, 5) is 0. The van der Waals surface area contributed by atoms with Gasteiger partial charge in [0.15, 0.2) is 0 Å². The SMILES string of the molecule is CCCCCCCOc1cc(C)ccc1N. The first kappa shape index (κ1) is 12.9. The zero-order valence-corrected chi connectivity index (χ0v) is 10.5. The third-order valence-electron chi connectivity index (χ3n) is 2.67. The minimum absolute atomic E-state index is 0.735. The maximum absolute atomic E-state index is 5.83. The molecule has 0 radical (unpaired) electrons. The number of anilines is 1. The molecule has 0 saturated heterocycles. The summed E-state index contributed by atoms with van der Waals surface area (Å²) in [5, 5.41) is 0. The van der Waals surface area contributed by atoms with Crippen molar-refractivity contribution in [3.8, 4) is 5.75 Å². The Labute approximate surface area is 98.8 Å². The van der Waals surface area contributed by atoms with Crippen LogP contribution >= 0.6 is 0 Å². The van der Waals surface area contributed by atoms with Crippen LogP contribution in [0.3, 0.4) is 0 Å². The van der Waals surface area contributed by atoms with Crippen molar-refractivity contribution in [1.82, 2.24) is 0 Å². The van der Waals surface area contributed by atoms with E-state index in [0.717, 1.165) is 24.5 Å². The van der Waals surface area contributed by atoms with Gasteiger partial charge in [-0.25, -0.2) is 0 Å². The van der Waals surface area contributed by atoms with Gasteiger partial charge in [0.05, 0.1) is 12.3 Å². The Hall–Kier alpha value is -1.18. The molecular weight excluding hydrogens is 198 g/mol. The van der Waals surface area contributed by atoms with Gasteiger partial charge in [-0.2, -0.15) is 0 Å². The molecule has 2 heteroatoms. The maximum Gasteiger partial charge on any atom is 0.142 e. The number of nitrogens with two attached hydrogens (primary N) is 1. The Morgan fingerprint density at radius 3 is 2.62 bits per heavy atom. The van der Waals surface area contributed by atoms with Gasteiger partial charge in [-0.3, -0.25) is 0 Å². The van der Waals surface area contributed by atoms with Crippen LogP contribution in [0.25, 0.3) is 0 Å². The lowest BCUT2D eigenvalue weighted by atomic mass is 10.2. The molecule has 0 aliphatic carbocycles. The second-order valence-corrected chi connectivity index (χ2v) is 4.30. The van der Waals surface area contributed by atoms with Gasteiger partial charge < -0.3 is 10.5 Å². The smallest absolute Gasteiger partial charge is 0.142 e. The monoisotopic (exact) mass is 221 g/mol. The molecule has 1 aromatic rings. The van der Waals surface area contributed by atoms with Crippen molar-refractivity contribution in [1.29, 1.82) is 0 Å². The van der Waals surface area contributed by atoms with Gasteiger partial charge in [-0.05, 0) is 31.0 Å². The molecule has 0 aliphatic heterocycles. The molecular formula is C14H23NO. The number of unbranched alkanes of at least 4 members (excludes halogenated alkanes) is 4. The molecule has 0 saturated carbocycles. The number of rotatable bonds is 7. The van der Waals surface area contributed by atoms with Crippen LogP contribution in [-0.4, -0.2) is 6.61 Å². The van der Waals surface area contributed by atoms with Crippen molar-refractivity contribution in [3.05, 3.63) is 23.8 Å². The average molecular weight is 221 g/mol. The quantitative estimate of drug-likeness (QED) is 0.559. The van der Waals surface area contributed by atoms with Gasteiger partial charge in [-0.1, -0.05) is 38.7 Å². The highest BCUT2D eigenvalue weighted by Crippen LogP contribution is 2.22. The summed E-state index contributed by atoms with van der Waals surface area (Å²) in [6.45, 7) is 5.05. The second kappa shape index (κ2) is 7.15. The van der Waals surface area contributed by atoms with Crippen molar-refractivity contribution < 1.29 is 4.74 Å². The lowest BCUT2D eigenvalue weighted by molar-refractivity contribution is 0.306. The van der Waals surface area contributed by atoms with Crippen LogP contribution in [0.4, 0.5) is 5.69 Å². The van der Waals surface area contributed by atoms with Gasteiger partial charge in [0.25, 0.3) is 0 Å². The molecule has 0 atom stereocenters. The van der Waals surface area contributed by atoms with E-state index in [9.17, 15) is 0 Å². The average Bonchev–Trinajstić information content (AvgIpc) is 2.28. The number of aryl methyl sites for hydroxylation is 1.